The predicted molar refractivity (Wildman–Crippen MR) is 72.7 cm³/mol. The largest absolute Gasteiger partial charge is 0.478 e. The van der Waals surface area contributed by atoms with Crippen molar-refractivity contribution < 1.29 is 23.5 Å². The number of carbonyl (C=O) groups excluding carboxylic acids is 1. The monoisotopic (exact) mass is 291 g/mol. The summed E-state index contributed by atoms with van der Waals surface area (Å²) in [5.74, 6) is -1.73. The van der Waals surface area contributed by atoms with Gasteiger partial charge in [-0.05, 0) is 37.6 Å². The third-order valence-corrected chi connectivity index (χ3v) is 2.99. The highest BCUT2D eigenvalue weighted by Crippen LogP contribution is 2.15. The Labute approximate surface area is 120 Å². The van der Waals surface area contributed by atoms with Gasteiger partial charge in [-0.3, -0.25) is 4.79 Å². The Morgan fingerprint density at radius 3 is 2.52 bits per heavy atom. The van der Waals surface area contributed by atoms with Gasteiger partial charge in [0.15, 0.2) is 0 Å². The number of hydrogen-bond donors (Lipinski definition) is 2. The van der Waals surface area contributed by atoms with Crippen LogP contribution in [0.4, 0.5) is 4.39 Å². The average Bonchev–Trinajstić information content (AvgIpc) is 2.77. The summed E-state index contributed by atoms with van der Waals surface area (Å²) < 4.78 is 18.9. The molecule has 0 spiro atoms. The summed E-state index contributed by atoms with van der Waals surface area (Å²) in [6.07, 6.45) is 0. The van der Waals surface area contributed by atoms with Crippen molar-refractivity contribution in [3.8, 4) is 0 Å². The van der Waals surface area contributed by atoms with E-state index in [1.807, 2.05) is 0 Å². The fraction of sp³-hybridized carbons (Fsp3) is 0.200. The minimum atomic E-state index is -1.10. The maximum absolute atomic E-state index is 13.6. The lowest BCUT2D eigenvalue weighted by Crippen LogP contribution is -2.23. The first-order valence-corrected chi connectivity index (χ1v) is 6.25. The van der Waals surface area contributed by atoms with Gasteiger partial charge in [-0.2, -0.15) is 0 Å². The van der Waals surface area contributed by atoms with E-state index in [2.05, 4.69) is 5.32 Å². The van der Waals surface area contributed by atoms with E-state index in [4.69, 9.17) is 9.52 Å². The summed E-state index contributed by atoms with van der Waals surface area (Å²) in [5.41, 5.74) is 0.694. The zero-order valence-corrected chi connectivity index (χ0v) is 11.6. The SMILES string of the molecule is Cc1ccc(C(=O)NCc2cc(C(=O)O)c(C)o2)c(F)c1. The Morgan fingerprint density at radius 1 is 1.24 bits per heavy atom. The van der Waals surface area contributed by atoms with Crippen molar-refractivity contribution in [2.45, 2.75) is 20.4 Å². The molecule has 2 rings (SSSR count). The van der Waals surface area contributed by atoms with Gasteiger partial charge in [0.25, 0.3) is 5.91 Å². The summed E-state index contributed by atoms with van der Waals surface area (Å²) in [6.45, 7) is 3.23. The van der Waals surface area contributed by atoms with E-state index in [-0.39, 0.29) is 23.4 Å². The molecule has 0 aliphatic heterocycles. The van der Waals surface area contributed by atoms with Crippen LogP contribution in [0.2, 0.25) is 0 Å². The van der Waals surface area contributed by atoms with Crippen molar-refractivity contribution >= 4 is 11.9 Å². The number of rotatable bonds is 4. The predicted octanol–water partition coefficient (Wildman–Crippen LogP) is 2.66. The van der Waals surface area contributed by atoms with Crippen LogP contribution in [-0.2, 0) is 6.54 Å². The van der Waals surface area contributed by atoms with E-state index in [1.54, 1.807) is 13.0 Å². The summed E-state index contributed by atoms with van der Waals surface area (Å²) in [4.78, 5) is 22.7. The molecule has 0 radical (unpaired) electrons. The molecular weight excluding hydrogens is 277 g/mol. The van der Waals surface area contributed by atoms with Gasteiger partial charge in [0, 0.05) is 0 Å². The molecule has 21 heavy (non-hydrogen) atoms. The molecule has 0 saturated carbocycles. The van der Waals surface area contributed by atoms with Crippen molar-refractivity contribution in [2.75, 3.05) is 0 Å². The minimum absolute atomic E-state index is 0.0136. The number of carboxylic acid groups (broad SMARTS) is 1. The Bertz CT molecular complexity index is 706. The number of halogens is 1. The van der Waals surface area contributed by atoms with Crippen LogP contribution in [-0.4, -0.2) is 17.0 Å². The third kappa shape index (κ3) is 3.28. The molecule has 0 saturated heterocycles. The van der Waals surface area contributed by atoms with Gasteiger partial charge in [0.2, 0.25) is 0 Å². The van der Waals surface area contributed by atoms with Crippen molar-refractivity contribution in [3.05, 3.63) is 58.3 Å². The Balaban J connectivity index is 2.07. The first-order valence-electron chi connectivity index (χ1n) is 6.25. The van der Waals surface area contributed by atoms with E-state index < -0.39 is 17.7 Å². The number of nitrogens with one attached hydrogen (secondary N) is 1. The maximum Gasteiger partial charge on any atom is 0.339 e. The van der Waals surface area contributed by atoms with Gasteiger partial charge < -0.3 is 14.8 Å². The number of aryl methyl sites for hydroxylation is 2. The number of carboxylic acids is 1. The lowest BCUT2D eigenvalue weighted by molar-refractivity contribution is 0.0694. The van der Waals surface area contributed by atoms with Crippen LogP contribution in [0.1, 0.15) is 37.8 Å². The minimum Gasteiger partial charge on any atom is -0.478 e. The molecule has 2 aromatic rings. The maximum atomic E-state index is 13.6. The molecule has 0 bridgehead atoms. The first-order chi connectivity index (χ1) is 9.88. The quantitative estimate of drug-likeness (QED) is 0.907. The van der Waals surface area contributed by atoms with Crippen LogP contribution >= 0.6 is 0 Å². The lowest BCUT2D eigenvalue weighted by atomic mass is 10.1. The van der Waals surface area contributed by atoms with Gasteiger partial charge in [-0.15, -0.1) is 0 Å². The molecule has 6 heteroatoms. The summed E-state index contributed by atoms with van der Waals surface area (Å²) in [7, 11) is 0. The molecular formula is C15H14FNO4. The third-order valence-electron chi connectivity index (χ3n) is 2.99. The van der Waals surface area contributed by atoms with E-state index in [0.29, 0.717) is 5.76 Å². The molecule has 2 N–H and O–H groups in total. The summed E-state index contributed by atoms with van der Waals surface area (Å²) in [5, 5.41) is 11.4. The Morgan fingerprint density at radius 2 is 1.95 bits per heavy atom. The van der Waals surface area contributed by atoms with Gasteiger partial charge in [-0.25, -0.2) is 9.18 Å². The Hall–Kier alpha value is -2.63. The molecule has 0 aliphatic carbocycles. The smallest absolute Gasteiger partial charge is 0.339 e. The van der Waals surface area contributed by atoms with E-state index in [0.717, 1.165) is 5.56 Å². The number of aromatic carboxylic acids is 1. The second-order valence-electron chi connectivity index (χ2n) is 4.65. The van der Waals surface area contributed by atoms with Gasteiger partial charge >= 0.3 is 5.97 Å². The first kappa shape index (κ1) is 14.8. The second-order valence-corrected chi connectivity index (χ2v) is 4.65. The highest BCUT2D eigenvalue weighted by molar-refractivity contribution is 5.94. The second kappa shape index (κ2) is 5.78. The van der Waals surface area contributed by atoms with Crippen molar-refractivity contribution in [1.82, 2.24) is 5.32 Å². The van der Waals surface area contributed by atoms with Crippen molar-refractivity contribution in [1.29, 1.82) is 0 Å². The fourth-order valence-corrected chi connectivity index (χ4v) is 1.91. The molecule has 0 unspecified atom stereocenters. The number of amides is 1. The van der Waals surface area contributed by atoms with Crippen LogP contribution in [0.3, 0.4) is 0 Å². The van der Waals surface area contributed by atoms with Crippen LogP contribution in [0, 0.1) is 19.7 Å². The van der Waals surface area contributed by atoms with Crippen LogP contribution in [0.15, 0.2) is 28.7 Å². The summed E-state index contributed by atoms with van der Waals surface area (Å²) >= 11 is 0. The topological polar surface area (TPSA) is 79.5 Å². The number of benzene rings is 1. The number of furan rings is 1. The lowest BCUT2D eigenvalue weighted by Gasteiger charge is -2.05. The zero-order chi connectivity index (χ0) is 15.6. The van der Waals surface area contributed by atoms with Gasteiger partial charge in [0.05, 0.1) is 12.1 Å². The Kier molecular flexibility index (Phi) is 4.07. The fourth-order valence-electron chi connectivity index (χ4n) is 1.91. The standard InChI is InChI=1S/C15H14FNO4/c1-8-3-4-11(13(16)5-8)14(18)17-7-10-6-12(15(19)20)9(2)21-10/h3-6H,7H2,1-2H3,(H,17,18)(H,19,20). The van der Waals surface area contributed by atoms with Gasteiger partial charge in [0.1, 0.15) is 22.9 Å². The normalized spacial score (nSPS) is 10.4. The molecule has 1 amide bonds. The van der Waals surface area contributed by atoms with Crippen LogP contribution < -0.4 is 5.32 Å². The van der Waals surface area contributed by atoms with E-state index in [9.17, 15) is 14.0 Å². The molecule has 110 valence electrons. The highest BCUT2D eigenvalue weighted by Gasteiger charge is 2.15. The van der Waals surface area contributed by atoms with Crippen molar-refractivity contribution in [3.63, 3.8) is 0 Å². The highest BCUT2D eigenvalue weighted by atomic mass is 19.1. The molecule has 1 aromatic heterocycles. The molecule has 5 nitrogen and oxygen atoms in total. The van der Waals surface area contributed by atoms with Crippen LogP contribution in [0.5, 0.6) is 0 Å². The summed E-state index contributed by atoms with van der Waals surface area (Å²) in [6, 6.07) is 5.64. The van der Waals surface area contributed by atoms with Crippen LogP contribution in [0.25, 0.3) is 0 Å². The zero-order valence-electron chi connectivity index (χ0n) is 11.6. The molecule has 1 aromatic carbocycles. The molecule has 0 atom stereocenters. The van der Waals surface area contributed by atoms with E-state index >= 15 is 0 Å². The van der Waals surface area contributed by atoms with Crippen molar-refractivity contribution in [2.24, 2.45) is 0 Å². The number of carbonyl (C=O) groups is 2. The average molecular weight is 291 g/mol. The van der Waals surface area contributed by atoms with Gasteiger partial charge in [-0.1, -0.05) is 6.07 Å². The molecule has 0 aliphatic rings. The number of hydrogen-bond acceptors (Lipinski definition) is 3. The molecule has 1 heterocycles. The van der Waals surface area contributed by atoms with E-state index in [1.165, 1.54) is 25.1 Å². The molecule has 0 fully saturated rings.